The zero-order valence-corrected chi connectivity index (χ0v) is 12.6. The van der Waals surface area contributed by atoms with Crippen LogP contribution in [0.1, 0.15) is 40.5 Å². The van der Waals surface area contributed by atoms with Crippen molar-refractivity contribution in [3.05, 3.63) is 0 Å². The van der Waals surface area contributed by atoms with Crippen molar-refractivity contribution < 1.29 is 9.90 Å². The Labute approximate surface area is 116 Å². The molecule has 0 aromatic heterocycles. The van der Waals surface area contributed by atoms with Crippen LogP contribution >= 0.6 is 0 Å². The van der Waals surface area contributed by atoms with Crippen LogP contribution in [0.4, 0.5) is 0 Å². The second-order valence-electron chi connectivity index (χ2n) is 7.19. The maximum absolute atomic E-state index is 12.2. The number of aliphatic hydroxyl groups excluding tert-OH is 1. The molecular weight excluding hydrogens is 240 g/mol. The first-order valence-electron chi connectivity index (χ1n) is 7.51. The number of fused-ring (bicyclic) bond motifs is 2. The van der Waals surface area contributed by atoms with Gasteiger partial charge in [0.2, 0.25) is 5.91 Å². The van der Waals surface area contributed by atoms with E-state index in [1.54, 1.807) is 13.8 Å². The van der Waals surface area contributed by atoms with Gasteiger partial charge in [0.25, 0.3) is 0 Å². The Kier molecular flexibility index (Phi) is 4.21. The lowest BCUT2D eigenvalue weighted by Crippen LogP contribution is -2.56. The van der Waals surface area contributed by atoms with Gasteiger partial charge in [-0.1, -0.05) is 0 Å². The topological polar surface area (TPSA) is 52.6 Å². The number of rotatable bonds is 4. The van der Waals surface area contributed by atoms with Crippen LogP contribution in [-0.4, -0.2) is 47.7 Å². The van der Waals surface area contributed by atoms with Crippen molar-refractivity contribution in [3.8, 4) is 0 Å². The van der Waals surface area contributed by atoms with E-state index in [9.17, 15) is 9.90 Å². The predicted molar refractivity (Wildman–Crippen MR) is 75.7 cm³/mol. The Balaban J connectivity index is 1.99. The van der Waals surface area contributed by atoms with Gasteiger partial charge in [0.05, 0.1) is 12.0 Å². The Hall–Kier alpha value is -0.610. The van der Waals surface area contributed by atoms with Gasteiger partial charge in [-0.3, -0.25) is 4.79 Å². The van der Waals surface area contributed by atoms with Gasteiger partial charge in [0.15, 0.2) is 0 Å². The highest BCUT2D eigenvalue weighted by Gasteiger charge is 2.44. The van der Waals surface area contributed by atoms with Gasteiger partial charge in [0, 0.05) is 25.2 Å². The minimum absolute atomic E-state index is 0.00473. The Bertz CT molecular complexity index is 327. The predicted octanol–water partition coefficient (Wildman–Crippen LogP) is 1.24. The third kappa shape index (κ3) is 2.95. The van der Waals surface area contributed by atoms with E-state index < -0.39 is 5.41 Å². The third-order valence-corrected chi connectivity index (χ3v) is 4.90. The summed E-state index contributed by atoms with van der Waals surface area (Å²) in [6.45, 7) is 10.2. The maximum atomic E-state index is 12.2. The highest BCUT2D eigenvalue weighted by Crippen LogP contribution is 2.38. The Morgan fingerprint density at radius 3 is 2.26 bits per heavy atom. The standard InChI is InChI=1S/C15H28N2O2/c1-10(2)17-7-11-5-6-12(8-17)13(11)16-14(19)15(3,4)9-18/h10-13,18H,5-9H2,1-4H3,(H,16,19)/t11-,12+,13?. The van der Waals surface area contributed by atoms with Crippen LogP contribution in [0.25, 0.3) is 0 Å². The summed E-state index contributed by atoms with van der Waals surface area (Å²) in [4.78, 5) is 14.7. The summed E-state index contributed by atoms with van der Waals surface area (Å²) in [5.74, 6) is 1.16. The fraction of sp³-hybridized carbons (Fsp3) is 0.933. The molecule has 0 spiro atoms. The van der Waals surface area contributed by atoms with E-state index >= 15 is 0 Å². The van der Waals surface area contributed by atoms with Crippen LogP contribution in [0, 0.1) is 17.3 Å². The minimum Gasteiger partial charge on any atom is -0.395 e. The number of likely N-dealkylation sites (tertiary alicyclic amines) is 1. The molecule has 1 heterocycles. The number of aliphatic hydroxyl groups is 1. The zero-order chi connectivity index (χ0) is 14.2. The molecule has 0 aromatic rings. The molecule has 2 bridgehead atoms. The van der Waals surface area contributed by atoms with E-state index in [0.717, 1.165) is 13.1 Å². The molecule has 19 heavy (non-hydrogen) atoms. The van der Waals surface area contributed by atoms with Gasteiger partial charge in [-0.05, 0) is 52.4 Å². The van der Waals surface area contributed by atoms with Crippen LogP contribution in [-0.2, 0) is 4.79 Å². The number of carbonyl (C=O) groups is 1. The van der Waals surface area contributed by atoms with Gasteiger partial charge in [-0.25, -0.2) is 0 Å². The van der Waals surface area contributed by atoms with Gasteiger partial charge >= 0.3 is 0 Å². The summed E-state index contributed by atoms with van der Waals surface area (Å²) in [5.41, 5.74) is -0.672. The van der Waals surface area contributed by atoms with Gasteiger partial charge in [0.1, 0.15) is 0 Å². The van der Waals surface area contributed by atoms with Crippen LogP contribution in [0.15, 0.2) is 0 Å². The second-order valence-corrected chi connectivity index (χ2v) is 7.19. The summed E-state index contributed by atoms with van der Waals surface area (Å²) < 4.78 is 0. The summed E-state index contributed by atoms with van der Waals surface area (Å²) in [6.07, 6.45) is 2.44. The fourth-order valence-corrected chi connectivity index (χ4v) is 3.33. The summed E-state index contributed by atoms with van der Waals surface area (Å²) in [6, 6.07) is 0.905. The third-order valence-electron chi connectivity index (χ3n) is 4.90. The molecule has 3 atom stereocenters. The lowest BCUT2D eigenvalue weighted by atomic mass is 9.88. The molecule has 1 saturated heterocycles. The smallest absolute Gasteiger partial charge is 0.228 e. The molecular formula is C15H28N2O2. The molecule has 2 fully saturated rings. The first-order valence-corrected chi connectivity index (χ1v) is 7.51. The number of amides is 1. The lowest BCUT2D eigenvalue weighted by molar-refractivity contribution is -0.133. The van der Waals surface area contributed by atoms with Crippen molar-refractivity contribution in [2.45, 2.75) is 52.6 Å². The average molecular weight is 268 g/mol. The van der Waals surface area contributed by atoms with Crippen molar-refractivity contribution in [1.29, 1.82) is 0 Å². The second kappa shape index (κ2) is 5.41. The maximum Gasteiger partial charge on any atom is 0.228 e. The number of hydrogen-bond acceptors (Lipinski definition) is 3. The highest BCUT2D eigenvalue weighted by molar-refractivity contribution is 5.82. The highest BCUT2D eigenvalue weighted by atomic mass is 16.3. The largest absolute Gasteiger partial charge is 0.395 e. The summed E-state index contributed by atoms with van der Waals surface area (Å²) in [5, 5.41) is 12.5. The first kappa shape index (κ1) is 14.8. The summed E-state index contributed by atoms with van der Waals surface area (Å²) in [7, 11) is 0. The normalized spacial score (nSPS) is 31.8. The molecule has 4 nitrogen and oxygen atoms in total. The molecule has 0 radical (unpaired) electrons. The average Bonchev–Trinajstić information content (AvgIpc) is 2.60. The monoisotopic (exact) mass is 268 g/mol. The van der Waals surface area contributed by atoms with Crippen LogP contribution in [0.3, 0.4) is 0 Å². The molecule has 4 heteroatoms. The fourth-order valence-electron chi connectivity index (χ4n) is 3.33. The molecule has 1 aliphatic heterocycles. The molecule has 1 amide bonds. The van der Waals surface area contributed by atoms with E-state index in [1.165, 1.54) is 12.8 Å². The number of nitrogens with one attached hydrogen (secondary N) is 1. The molecule has 1 unspecified atom stereocenters. The van der Waals surface area contributed by atoms with E-state index in [-0.39, 0.29) is 12.5 Å². The van der Waals surface area contributed by atoms with Gasteiger partial charge in [-0.15, -0.1) is 0 Å². The molecule has 2 rings (SSSR count). The SMILES string of the molecule is CC(C)N1C[C@H]2CC[C@@H](C1)C2NC(=O)C(C)(C)CO. The molecule has 1 aliphatic carbocycles. The van der Waals surface area contributed by atoms with Crippen LogP contribution in [0.5, 0.6) is 0 Å². The van der Waals surface area contributed by atoms with Crippen LogP contribution < -0.4 is 5.32 Å². The minimum atomic E-state index is -0.672. The van der Waals surface area contributed by atoms with Crippen molar-refractivity contribution >= 4 is 5.91 Å². The van der Waals surface area contributed by atoms with E-state index in [0.29, 0.717) is 23.9 Å². The molecule has 1 saturated carbocycles. The Morgan fingerprint density at radius 2 is 1.84 bits per heavy atom. The van der Waals surface area contributed by atoms with Gasteiger partial charge < -0.3 is 15.3 Å². The Morgan fingerprint density at radius 1 is 1.32 bits per heavy atom. The number of carbonyl (C=O) groups excluding carboxylic acids is 1. The quantitative estimate of drug-likeness (QED) is 0.806. The van der Waals surface area contributed by atoms with E-state index in [4.69, 9.17) is 0 Å². The molecule has 110 valence electrons. The number of nitrogens with zero attached hydrogens (tertiary/aromatic N) is 1. The molecule has 0 aromatic carbocycles. The van der Waals surface area contributed by atoms with E-state index in [1.807, 2.05) is 0 Å². The van der Waals surface area contributed by atoms with Gasteiger partial charge in [-0.2, -0.15) is 0 Å². The van der Waals surface area contributed by atoms with E-state index in [2.05, 4.69) is 24.1 Å². The van der Waals surface area contributed by atoms with Crippen LogP contribution in [0.2, 0.25) is 0 Å². The lowest BCUT2D eigenvalue weighted by Gasteiger charge is -2.41. The molecule has 2 aliphatic rings. The van der Waals surface area contributed by atoms with Crippen molar-refractivity contribution in [1.82, 2.24) is 10.2 Å². The zero-order valence-electron chi connectivity index (χ0n) is 12.6. The number of hydrogen-bond donors (Lipinski definition) is 2. The van der Waals surface area contributed by atoms with Crippen molar-refractivity contribution in [3.63, 3.8) is 0 Å². The van der Waals surface area contributed by atoms with Crippen molar-refractivity contribution in [2.75, 3.05) is 19.7 Å². The molecule has 2 N–H and O–H groups in total. The first-order chi connectivity index (χ1) is 8.85. The number of piperidine rings is 1. The van der Waals surface area contributed by atoms with Crippen molar-refractivity contribution in [2.24, 2.45) is 17.3 Å². The summed E-state index contributed by atoms with van der Waals surface area (Å²) >= 11 is 0.